The molecule has 1 amide bonds. The number of aryl methyl sites for hydroxylation is 1. The molecule has 1 N–H and O–H groups in total. The van der Waals surface area contributed by atoms with Crippen molar-refractivity contribution >= 4 is 34.2 Å². The van der Waals surface area contributed by atoms with Gasteiger partial charge < -0.3 is 10.2 Å². The van der Waals surface area contributed by atoms with Crippen molar-refractivity contribution in [2.75, 3.05) is 26.2 Å². The Hall–Kier alpha value is -3.23. The van der Waals surface area contributed by atoms with Crippen molar-refractivity contribution in [3.63, 3.8) is 0 Å². The number of hydrogen-bond donors (Lipinski definition) is 1. The van der Waals surface area contributed by atoms with Crippen LogP contribution in [-0.4, -0.2) is 56.2 Å². The summed E-state index contributed by atoms with van der Waals surface area (Å²) in [6.45, 7) is 4.05. The highest BCUT2D eigenvalue weighted by Gasteiger charge is 2.18. The normalized spacial score (nSPS) is 14.3. The third-order valence-corrected chi connectivity index (χ3v) is 6.75. The van der Waals surface area contributed by atoms with Gasteiger partial charge in [0.2, 0.25) is 11.7 Å². The molecule has 0 bridgehead atoms. The number of rotatable bonds is 8. The number of hydrogen-bond acceptors (Lipinski definition) is 5. The van der Waals surface area contributed by atoms with E-state index in [4.69, 9.17) is 11.6 Å². The Labute approximate surface area is 202 Å². The Morgan fingerprint density at radius 3 is 2.62 bits per heavy atom. The second-order valence-corrected chi connectivity index (χ2v) is 9.06. The summed E-state index contributed by atoms with van der Waals surface area (Å²) in [5, 5.41) is 12.9. The summed E-state index contributed by atoms with van der Waals surface area (Å²) < 4.78 is 3.47. The Morgan fingerprint density at radius 2 is 1.79 bits per heavy atom. The van der Waals surface area contributed by atoms with Gasteiger partial charge in [-0.1, -0.05) is 41.9 Å². The standard InChI is InChI=1S/C25H27ClN6O2/c26-20-9-3-1-7-18(20)17-31-24(34)19-8-2-4-10-21(19)32-22(28-29-25(31)32)11-12-23(33)27-13-16-30-14-5-6-15-30/h1-4,7-10H,5-6,11-17H2,(H,27,33). The van der Waals surface area contributed by atoms with Gasteiger partial charge in [-0.05, 0) is 49.7 Å². The molecule has 1 aliphatic heterocycles. The highest BCUT2D eigenvalue weighted by molar-refractivity contribution is 6.31. The predicted molar refractivity (Wildman–Crippen MR) is 132 cm³/mol. The highest BCUT2D eigenvalue weighted by atomic mass is 35.5. The van der Waals surface area contributed by atoms with E-state index >= 15 is 0 Å². The molecule has 2 aromatic heterocycles. The lowest BCUT2D eigenvalue weighted by atomic mass is 10.2. The maximum atomic E-state index is 13.3. The number of benzene rings is 2. The summed E-state index contributed by atoms with van der Waals surface area (Å²) in [7, 11) is 0. The van der Waals surface area contributed by atoms with E-state index in [1.165, 1.54) is 12.8 Å². The molecule has 1 fully saturated rings. The fourth-order valence-electron chi connectivity index (χ4n) is 4.59. The van der Waals surface area contributed by atoms with Crippen LogP contribution in [0.5, 0.6) is 0 Å². The minimum atomic E-state index is -0.151. The van der Waals surface area contributed by atoms with Crippen molar-refractivity contribution in [1.29, 1.82) is 0 Å². The molecular weight excluding hydrogens is 452 g/mol. The number of nitrogens with zero attached hydrogens (tertiary/aromatic N) is 5. The van der Waals surface area contributed by atoms with Crippen LogP contribution < -0.4 is 10.9 Å². The molecule has 3 heterocycles. The van der Waals surface area contributed by atoms with E-state index < -0.39 is 0 Å². The molecule has 0 saturated carbocycles. The van der Waals surface area contributed by atoms with Gasteiger partial charge in [-0.2, -0.15) is 0 Å². The van der Waals surface area contributed by atoms with Crippen LogP contribution in [0.3, 0.4) is 0 Å². The van der Waals surface area contributed by atoms with Crippen LogP contribution in [0.4, 0.5) is 0 Å². The van der Waals surface area contributed by atoms with Crippen LogP contribution in [0, 0.1) is 0 Å². The molecule has 4 aromatic rings. The summed E-state index contributed by atoms with van der Waals surface area (Å²) in [5.41, 5.74) is 1.40. The van der Waals surface area contributed by atoms with Crippen molar-refractivity contribution < 1.29 is 4.79 Å². The molecule has 1 saturated heterocycles. The van der Waals surface area contributed by atoms with Crippen molar-refractivity contribution in [3.8, 4) is 0 Å². The second-order valence-electron chi connectivity index (χ2n) is 8.65. The molecule has 34 heavy (non-hydrogen) atoms. The molecule has 2 aromatic carbocycles. The lowest BCUT2D eigenvalue weighted by Crippen LogP contribution is -2.33. The van der Waals surface area contributed by atoms with Gasteiger partial charge in [-0.25, -0.2) is 0 Å². The minimum Gasteiger partial charge on any atom is -0.355 e. The van der Waals surface area contributed by atoms with Gasteiger partial charge in [0.15, 0.2) is 0 Å². The van der Waals surface area contributed by atoms with Gasteiger partial charge in [-0.3, -0.25) is 18.6 Å². The van der Waals surface area contributed by atoms with E-state index in [1.807, 2.05) is 40.8 Å². The lowest BCUT2D eigenvalue weighted by Gasteiger charge is -2.14. The number of carbonyl (C=O) groups is 1. The Bertz CT molecular complexity index is 1390. The van der Waals surface area contributed by atoms with Crippen molar-refractivity contribution in [1.82, 2.24) is 29.4 Å². The first-order valence-electron chi connectivity index (χ1n) is 11.7. The van der Waals surface area contributed by atoms with Crippen molar-refractivity contribution in [2.24, 2.45) is 0 Å². The monoisotopic (exact) mass is 478 g/mol. The number of likely N-dealkylation sites (tertiary alicyclic amines) is 1. The van der Waals surface area contributed by atoms with Gasteiger partial charge in [0, 0.05) is 31.0 Å². The van der Waals surface area contributed by atoms with E-state index in [0.717, 1.165) is 30.7 Å². The number of para-hydroxylation sites is 1. The summed E-state index contributed by atoms with van der Waals surface area (Å²) in [4.78, 5) is 28.2. The molecule has 0 radical (unpaired) electrons. The molecule has 176 valence electrons. The number of amides is 1. The SMILES string of the molecule is O=C(CCc1nnc2n(Cc3ccccc3Cl)c(=O)c3ccccc3n12)NCCN1CCCC1. The Balaban J connectivity index is 1.41. The average molecular weight is 479 g/mol. The quantitative estimate of drug-likeness (QED) is 0.421. The summed E-state index contributed by atoms with van der Waals surface area (Å²) in [5.74, 6) is 1.08. The number of nitrogens with one attached hydrogen (secondary N) is 1. The summed E-state index contributed by atoms with van der Waals surface area (Å²) in [6, 6.07) is 14.9. The van der Waals surface area contributed by atoms with E-state index in [2.05, 4.69) is 20.4 Å². The first-order chi connectivity index (χ1) is 16.6. The zero-order valence-corrected chi connectivity index (χ0v) is 19.7. The molecule has 0 aliphatic carbocycles. The van der Waals surface area contributed by atoms with E-state index in [-0.39, 0.29) is 18.0 Å². The molecule has 1 aliphatic rings. The molecule has 0 atom stereocenters. The van der Waals surface area contributed by atoms with Crippen LogP contribution in [0.15, 0.2) is 53.3 Å². The average Bonchev–Trinajstić information content (AvgIpc) is 3.52. The fourth-order valence-corrected chi connectivity index (χ4v) is 4.78. The number of carbonyl (C=O) groups excluding carboxylic acids is 1. The van der Waals surface area contributed by atoms with Gasteiger partial charge in [-0.15, -0.1) is 10.2 Å². The van der Waals surface area contributed by atoms with Gasteiger partial charge in [0.25, 0.3) is 5.56 Å². The van der Waals surface area contributed by atoms with Gasteiger partial charge >= 0.3 is 0 Å². The largest absolute Gasteiger partial charge is 0.355 e. The maximum Gasteiger partial charge on any atom is 0.263 e. The smallest absolute Gasteiger partial charge is 0.263 e. The molecule has 5 rings (SSSR count). The van der Waals surface area contributed by atoms with E-state index in [0.29, 0.717) is 41.4 Å². The number of fused-ring (bicyclic) bond motifs is 3. The van der Waals surface area contributed by atoms with Gasteiger partial charge in [0.05, 0.1) is 17.4 Å². The molecule has 9 heteroatoms. The highest BCUT2D eigenvalue weighted by Crippen LogP contribution is 2.19. The van der Waals surface area contributed by atoms with Crippen LogP contribution in [0.1, 0.15) is 30.7 Å². The zero-order chi connectivity index (χ0) is 23.5. The van der Waals surface area contributed by atoms with Crippen LogP contribution >= 0.6 is 11.6 Å². The predicted octanol–water partition coefficient (Wildman–Crippen LogP) is 2.89. The van der Waals surface area contributed by atoms with Crippen molar-refractivity contribution in [3.05, 3.63) is 75.3 Å². The van der Waals surface area contributed by atoms with E-state index in [1.54, 1.807) is 16.7 Å². The zero-order valence-electron chi connectivity index (χ0n) is 18.9. The fraction of sp³-hybridized carbons (Fsp3) is 0.360. The number of aromatic nitrogens is 4. The first-order valence-corrected chi connectivity index (χ1v) is 12.1. The van der Waals surface area contributed by atoms with Crippen LogP contribution in [-0.2, 0) is 17.8 Å². The molecule has 0 spiro atoms. The topological polar surface area (TPSA) is 84.5 Å². The molecule has 0 unspecified atom stereocenters. The Morgan fingerprint density at radius 1 is 1.03 bits per heavy atom. The third-order valence-electron chi connectivity index (χ3n) is 6.39. The first kappa shape index (κ1) is 22.6. The number of halogens is 1. The van der Waals surface area contributed by atoms with Crippen molar-refractivity contribution in [2.45, 2.75) is 32.2 Å². The molecular formula is C25H27ClN6O2. The third kappa shape index (κ3) is 4.56. The van der Waals surface area contributed by atoms with Crippen LogP contribution in [0.2, 0.25) is 5.02 Å². The van der Waals surface area contributed by atoms with Crippen LogP contribution in [0.25, 0.3) is 16.7 Å². The maximum absolute atomic E-state index is 13.3. The van der Waals surface area contributed by atoms with E-state index in [9.17, 15) is 9.59 Å². The lowest BCUT2D eigenvalue weighted by molar-refractivity contribution is -0.121. The summed E-state index contributed by atoms with van der Waals surface area (Å²) >= 11 is 6.36. The second kappa shape index (κ2) is 9.95. The molecule has 8 nitrogen and oxygen atoms in total. The Kier molecular flexibility index (Phi) is 6.60. The van der Waals surface area contributed by atoms with Gasteiger partial charge in [0.1, 0.15) is 5.82 Å². The summed E-state index contributed by atoms with van der Waals surface area (Å²) in [6.07, 6.45) is 3.20. The minimum absolute atomic E-state index is 0.00959.